The maximum absolute atomic E-state index is 13.4. The number of esters is 1. The van der Waals surface area contributed by atoms with Crippen molar-refractivity contribution in [1.29, 1.82) is 0 Å². The lowest BCUT2D eigenvalue weighted by Crippen LogP contribution is -2.43. The second kappa shape index (κ2) is 13.7. The van der Waals surface area contributed by atoms with E-state index in [1.54, 1.807) is 0 Å². The van der Waals surface area contributed by atoms with Gasteiger partial charge in [0.15, 0.2) is 19.9 Å². The van der Waals surface area contributed by atoms with E-state index >= 15 is 0 Å². The van der Waals surface area contributed by atoms with Crippen molar-refractivity contribution in [2.75, 3.05) is 7.11 Å². The molecule has 1 saturated carbocycles. The number of unbranched alkanes of at least 4 members (excludes halogenated alkanes) is 3. The van der Waals surface area contributed by atoms with Gasteiger partial charge in [-0.25, -0.2) is 0 Å². The van der Waals surface area contributed by atoms with Crippen LogP contribution in [0.2, 0.25) is 18.1 Å². The molecule has 0 aromatic carbocycles. The molecule has 5 atom stereocenters. The standard InChI is InChI=1S/C30H52O6Si/c1-10-11-14-17-22(36-37(8,9)29(2,3)4)20-21-24-23(18-15-12-13-16-19-25(31)33-7)26(32)28-27(24)34-30(5,6)35-28/h12,15,20-24,27-28H,10-11,13-14,16-19H2,1-9H3/b15-12-,21-20+/t22-,23+,24+,27-,28+/m0/s1. The molecule has 0 aromatic heterocycles. The van der Waals surface area contributed by atoms with Crippen molar-refractivity contribution in [3.63, 3.8) is 0 Å². The molecule has 0 aromatic rings. The number of hydrogen-bond acceptors (Lipinski definition) is 6. The van der Waals surface area contributed by atoms with Crippen LogP contribution < -0.4 is 0 Å². The molecular weight excluding hydrogens is 484 g/mol. The number of ketones is 1. The Balaban J connectivity index is 2.18. The van der Waals surface area contributed by atoms with Gasteiger partial charge in [-0.2, -0.15) is 0 Å². The van der Waals surface area contributed by atoms with Crippen molar-refractivity contribution in [1.82, 2.24) is 0 Å². The topological polar surface area (TPSA) is 71.1 Å². The van der Waals surface area contributed by atoms with E-state index in [-0.39, 0.29) is 40.8 Å². The molecule has 0 unspecified atom stereocenters. The van der Waals surface area contributed by atoms with Crippen molar-refractivity contribution in [3.8, 4) is 0 Å². The average molecular weight is 537 g/mol. The Morgan fingerprint density at radius 1 is 1.14 bits per heavy atom. The zero-order chi connectivity index (χ0) is 27.9. The molecule has 1 aliphatic carbocycles. The minimum atomic E-state index is -1.95. The Labute approximate surface area is 226 Å². The van der Waals surface area contributed by atoms with Crippen LogP contribution in [-0.2, 0) is 28.2 Å². The second-order valence-corrected chi connectivity index (χ2v) is 17.3. The van der Waals surface area contributed by atoms with Gasteiger partial charge in [0, 0.05) is 18.3 Å². The molecule has 0 spiro atoms. The number of hydrogen-bond donors (Lipinski definition) is 0. The molecule has 2 fully saturated rings. The van der Waals surface area contributed by atoms with E-state index in [9.17, 15) is 9.59 Å². The largest absolute Gasteiger partial charge is 0.469 e. The van der Waals surface area contributed by atoms with Gasteiger partial charge in [-0.05, 0) is 57.7 Å². The van der Waals surface area contributed by atoms with Gasteiger partial charge in [-0.15, -0.1) is 0 Å². The van der Waals surface area contributed by atoms with Crippen LogP contribution in [0, 0.1) is 11.8 Å². The first-order valence-corrected chi connectivity index (χ1v) is 17.1. The Bertz CT molecular complexity index is 809. The van der Waals surface area contributed by atoms with Gasteiger partial charge in [0.1, 0.15) is 12.2 Å². The summed E-state index contributed by atoms with van der Waals surface area (Å²) in [7, 11) is -0.540. The quantitative estimate of drug-likeness (QED) is 0.102. The minimum absolute atomic E-state index is 0.0337. The molecular formula is C30H52O6Si. The van der Waals surface area contributed by atoms with E-state index in [1.165, 1.54) is 20.0 Å². The first-order chi connectivity index (χ1) is 17.2. The number of ether oxygens (including phenoxy) is 3. The van der Waals surface area contributed by atoms with E-state index in [1.807, 2.05) is 13.8 Å². The highest BCUT2D eigenvalue weighted by atomic mass is 28.4. The highest BCUT2D eigenvalue weighted by Gasteiger charge is 2.57. The summed E-state index contributed by atoms with van der Waals surface area (Å²) >= 11 is 0. The van der Waals surface area contributed by atoms with Crippen LogP contribution in [0.15, 0.2) is 24.3 Å². The molecule has 7 heteroatoms. The summed E-state index contributed by atoms with van der Waals surface area (Å²) in [4.78, 5) is 24.7. The molecule has 0 bridgehead atoms. The van der Waals surface area contributed by atoms with Crippen LogP contribution in [0.1, 0.15) is 92.9 Å². The number of methoxy groups -OCH3 is 1. The fourth-order valence-electron chi connectivity index (χ4n) is 4.86. The summed E-state index contributed by atoms with van der Waals surface area (Å²) in [5.41, 5.74) is 0. The van der Waals surface area contributed by atoms with E-state index in [0.29, 0.717) is 12.8 Å². The van der Waals surface area contributed by atoms with Crippen molar-refractivity contribution in [2.45, 2.75) is 135 Å². The van der Waals surface area contributed by atoms with Crippen LogP contribution in [0.3, 0.4) is 0 Å². The lowest BCUT2D eigenvalue weighted by molar-refractivity contribution is -0.165. The smallest absolute Gasteiger partial charge is 0.305 e. The van der Waals surface area contributed by atoms with Crippen LogP contribution in [0.25, 0.3) is 0 Å². The molecule has 1 aliphatic heterocycles. The van der Waals surface area contributed by atoms with Gasteiger partial charge in [0.05, 0.1) is 13.2 Å². The van der Waals surface area contributed by atoms with Crippen LogP contribution in [-0.4, -0.2) is 51.3 Å². The van der Waals surface area contributed by atoms with Gasteiger partial charge in [0.25, 0.3) is 0 Å². The van der Waals surface area contributed by atoms with Crippen molar-refractivity contribution < 1.29 is 28.2 Å². The maximum atomic E-state index is 13.4. The lowest BCUT2D eigenvalue weighted by Gasteiger charge is -2.39. The summed E-state index contributed by atoms with van der Waals surface area (Å²) < 4.78 is 23.8. The third-order valence-electron chi connectivity index (χ3n) is 8.05. The van der Waals surface area contributed by atoms with E-state index in [4.69, 9.17) is 18.6 Å². The van der Waals surface area contributed by atoms with Crippen LogP contribution in [0.4, 0.5) is 0 Å². The SMILES string of the molecule is CCCCC[C@@H](/C=C/[C@H]1[C@@H]2OC(C)(C)O[C@@H]2C(=O)[C@@H]1C/C=C\CCCC(=O)OC)O[Si](C)(C)C(C)(C)C. The van der Waals surface area contributed by atoms with Crippen molar-refractivity contribution in [2.24, 2.45) is 11.8 Å². The summed E-state index contributed by atoms with van der Waals surface area (Å²) in [5, 5.41) is 0.131. The predicted molar refractivity (Wildman–Crippen MR) is 151 cm³/mol. The summed E-state index contributed by atoms with van der Waals surface area (Å²) in [6, 6.07) is 0. The summed E-state index contributed by atoms with van der Waals surface area (Å²) in [5.74, 6) is -1.08. The minimum Gasteiger partial charge on any atom is -0.469 e. The van der Waals surface area contributed by atoms with Crippen molar-refractivity contribution >= 4 is 20.1 Å². The molecule has 6 nitrogen and oxygen atoms in total. The van der Waals surface area contributed by atoms with Gasteiger partial charge in [-0.3, -0.25) is 9.59 Å². The Hall–Kier alpha value is -1.28. The second-order valence-electron chi connectivity index (χ2n) is 12.6. The van der Waals surface area contributed by atoms with Crippen LogP contribution >= 0.6 is 0 Å². The zero-order valence-electron chi connectivity index (χ0n) is 24.8. The van der Waals surface area contributed by atoms with Gasteiger partial charge >= 0.3 is 5.97 Å². The number of fused-ring (bicyclic) bond motifs is 1. The molecule has 0 N–H and O–H groups in total. The number of carbonyl (C=O) groups is 2. The van der Waals surface area contributed by atoms with E-state index in [0.717, 1.165) is 25.7 Å². The molecule has 212 valence electrons. The highest BCUT2D eigenvalue weighted by Crippen LogP contribution is 2.45. The number of rotatable bonds is 14. The fourth-order valence-corrected chi connectivity index (χ4v) is 6.17. The first-order valence-electron chi connectivity index (χ1n) is 14.2. The fraction of sp³-hybridized carbons (Fsp3) is 0.800. The Morgan fingerprint density at radius 2 is 1.84 bits per heavy atom. The normalized spacial score (nSPS) is 26.8. The van der Waals surface area contributed by atoms with Gasteiger partial charge in [-0.1, -0.05) is 71.3 Å². The number of allylic oxidation sites excluding steroid dienone is 2. The van der Waals surface area contributed by atoms with E-state index in [2.05, 4.69) is 65.1 Å². The Morgan fingerprint density at radius 3 is 2.46 bits per heavy atom. The monoisotopic (exact) mass is 536 g/mol. The molecule has 2 aliphatic rings. The molecule has 1 heterocycles. The molecule has 1 saturated heterocycles. The first kappa shape index (κ1) is 31.9. The molecule has 2 rings (SSSR count). The summed E-state index contributed by atoms with van der Waals surface area (Å²) in [6.45, 7) is 17.4. The third-order valence-corrected chi connectivity index (χ3v) is 12.6. The third kappa shape index (κ3) is 9.15. The predicted octanol–water partition coefficient (Wildman–Crippen LogP) is 7.14. The van der Waals surface area contributed by atoms with Gasteiger partial charge in [0.2, 0.25) is 0 Å². The molecule has 0 radical (unpaired) electrons. The lowest BCUT2D eigenvalue weighted by atomic mass is 9.90. The van der Waals surface area contributed by atoms with Crippen LogP contribution in [0.5, 0.6) is 0 Å². The Kier molecular flexibility index (Phi) is 11.8. The highest BCUT2D eigenvalue weighted by molar-refractivity contribution is 6.74. The molecule has 0 amide bonds. The van der Waals surface area contributed by atoms with Gasteiger partial charge < -0.3 is 18.6 Å². The zero-order valence-corrected chi connectivity index (χ0v) is 25.8. The van der Waals surface area contributed by atoms with E-state index < -0.39 is 20.2 Å². The number of carbonyl (C=O) groups excluding carboxylic acids is 2. The maximum Gasteiger partial charge on any atom is 0.305 e. The van der Waals surface area contributed by atoms with Crippen molar-refractivity contribution in [3.05, 3.63) is 24.3 Å². The average Bonchev–Trinajstić information content (AvgIpc) is 3.24. The molecule has 37 heavy (non-hydrogen) atoms. The number of Topliss-reactive ketones (excluding diaryl/α,β-unsaturated/α-hetero) is 1. The summed E-state index contributed by atoms with van der Waals surface area (Å²) in [6.07, 6.45) is 14.8.